The molecule has 2 aliphatic heterocycles. The minimum Gasteiger partial charge on any atom is -0.334 e. The molecule has 0 radical (unpaired) electrons. The molecule has 0 saturated carbocycles. The second-order valence-corrected chi connectivity index (χ2v) is 7.88. The molecule has 0 bridgehead atoms. The van der Waals surface area contributed by atoms with E-state index in [0.29, 0.717) is 16.9 Å². The molecule has 1 aromatic carbocycles. The number of unbranched alkanes of at least 4 members (excludes halogenated alkanes) is 1. The van der Waals surface area contributed by atoms with Crippen molar-refractivity contribution < 1.29 is 4.79 Å². The van der Waals surface area contributed by atoms with E-state index in [1.807, 2.05) is 9.47 Å². The molecule has 1 aromatic heterocycles. The first-order valence-corrected chi connectivity index (χ1v) is 10.4. The molecule has 28 heavy (non-hydrogen) atoms. The largest absolute Gasteiger partial charge is 0.334 e. The first-order valence-electron chi connectivity index (χ1n) is 10.1. The summed E-state index contributed by atoms with van der Waals surface area (Å²) in [4.78, 5) is 19.1. The fraction of sp³-hybridized carbons (Fsp3) is 0.524. The number of fused-ring (bicyclic) bond motifs is 1. The van der Waals surface area contributed by atoms with Gasteiger partial charge in [-0.1, -0.05) is 49.2 Å². The summed E-state index contributed by atoms with van der Waals surface area (Å²) >= 11 is 6.46. The monoisotopic (exact) mass is 422 g/mol. The highest BCUT2D eigenvalue weighted by Gasteiger charge is 2.30. The predicted octanol–water partition coefficient (Wildman–Crippen LogP) is 4.35. The quantitative estimate of drug-likeness (QED) is 0.778. The molecule has 0 atom stereocenters. The highest BCUT2D eigenvalue weighted by Crippen LogP contribution is 2.33. The molecule has 1 saturated heterocycles. The second kappa shape index (κ2) is 9.29. The van der Waals surface area contributed by atoms with Crippen LogP contribution in [-0.2, 0) is 6.54 Å². The third-order valence-electron chi connectivity index (χ3n) is 5.77. The van der Waals surface area contributed by atoms with Crippen LogP contribution in [0.3, 0.4) is 0 Å². The molecule has 1 amide bonds. The fourth-order valence-corrected chi connectivity index (χ4v) is 4.47. The lowest BCUT2D eigenvalue weighted by Crippen LogP contribution is -2.41. The molecule has 0 aliphatic carbocycles. The molecule has 2 aliphatic rings. The Balaban J connectivity index is 0.00000225. The van der Waals surface area contributed by atoms with E-state index in [1.54, 1.807) is 0 Å². The number of rotatable bonds is 5. The lowest BCUT2D eigenvalue weighted by molar-refractivity contribution is 0.0695. The lowest BCUT2D eigenvalue weighted by atomic mass is 9.89. The van der Waals surface area contributed by atoms with Gasteiger partial charge in [0.15, 0.2) is 5.15 Å². The Morgan fingerprint density at radius 3 is 2.57 bits per heavy atom. The summed E-state index contributed by atoms with van der Waals surface area (Å²) in [5, 5.41) is 3.84. The minimum atomic E-state index is -0.00539. The molecular formula is C21H28Cl2N4O. The van der Waals surface area contributed by atoms with E-state index in [4.69, 9.17) is 11.6 Å². The third-order valence-corrected chi connectivity index (χ3v) is 6.04. The maximum Gasteiger partial charge on any atom is 0.289 e. The van der Waals surface area contributed by atoms with E-state index in [2.05, 4.69) is 41.5 Å². The zero-order chi connectivity index (χ0) is 18.8. The Bertz CT molecular complexity index is 813. The maximum atomic E-state index is 12.8. The van der Waals surface area contributed by atoms with Gasteiger partial charge in [-0.25, -0.2) is 4.98 Å². The summed E-state index contributed by atoms with van der Waals surface area (Å²) in [6, 6.07) is 8.67. The van der Waals surface area contributed by atoms with Crippen molar-refractivity contribution in [2.75, 3.05) is 26.2 Å². The SMILES string of the molecule is CCCCN1CCn2c(nc(Cl)c2-c2ccc(C3CCNCC3)cc2)C1=O.Cl. The van der Waals surface area contributed by atoms with Crippen LogP contribution in [0.15, 0.2) is 24.3 Å². The molecule has 1 fully saturated rings. The van der Waals surface area contributed by atoms with Gasteiger partial charge in [-0.2, -0.15) is 0 Å². The average Bonchev–Trinajstić information content (AvgIpc) is 3.05. The lowest BCUT2D eigenvalue weighted by Gasteiger charge is -2.28. The van der Waals surface area contributed by atoms with Crippen molar-refractivity contribution in [3.8, 4) is 11.3 Å². The number of amides is 1. The molecule has 2 aromatic rings. The van der Waals surface area contributed by atoms with E-state index in [1.165, 1.54) is 18.4 Å². The Morgan fingerprint density at radius 1 is 1.18 bits per heavy atom. The summed E-state index contributed by atoms with van der Waals surface area (Å²) in [6.45, 7) is 6.57. The molecular weight excluding hydrogens is 395 g/mol. The molecule has 5 nitrogen and oxygen atoms in total. The normalized spacial score (nSPS) is 17.4. The first kappa shape index (κ1) is 21.2. The van der Waals surface area contributed by atoms with Gasteiger partial charge < -0.3 is 14.8 Å². The van der Waals surface area contributed by atoms with Crippen molar-refractivity contribution in [1.29, 1.82) is 0 Å². The average molecular weight is 423 g/mol. The van der Waals surface area contributed by atoms with Crippen molar-refractivity contribution in [1.82, 2.24) is 19.8 Å². The van der Waals surface area contributed by atoms with Gasteiger partial charge in [0.05, 0.1) is 5.69 Å². The molecule has 0 unspecified atom stereocenters. The van der Waals surface area contributed by atoms with E-state index >= 15 is 0 Å². The van der Waals surface area contributed by atoms with Crippen molar-refractivity contribution in [2.24, 2.45) is 0 Å². The van der Waals surface area contributed by atoms with Crippen LogP contribution in [0.1, 0.15) is 54.7 Å². The Morgan fingerprint density at radius 2 is 1.89 bits per heavy atom. The number of imidazole rings is 1. The third kappa shape index (κ3) is 4.07. The maximum absolute atomic E-state index is 12.8. The molecule has 0 spiro atoms. The van der Waals surface area contributed by atoms with Gasteiger partial charge in [-0.05, 0) is 43.8 Å². The zero-order valence-electron chi connectivity index (χ0n) is 16.3. The van der Waals surface area contributed by atoms with Crippen LogP contribution in [0.5, 0.6) is 0 Å². The Hall–Kier alpha value is -1.56. The number of nitrogens with one attached hydrogen (secondary N) is 1. The smallest absolute Gasteiger partial charge is 0.289 e. The highest BCUT2D eigenvalue weighted by molar-refractivity contribution is 6.32. The van der Waals surface area contributed by atoms with Gasteiger partial charge in [-0.3, -0.25) is 4.79 Å². The molecule has 4 rings (SSSR count). The summed E-state index contributed by atoms with van der Waals surface area (Å²) in [6.07, 6.45) is 4.47. The van der Waals surface area contributed by atoms with Crippen molar-refractivity contribution in [3.05, 3.63) is 40.8 Å². The Kier molecular flexibility index (Phi) is 7.02. The highest BCUT2D eigenvalue weighted by atomic mass is 35.5. The van der Waals surface area contributed by atoms with Gasteiger partial charge in [-0.15, -0.1) is 12.4 Å². The standard InChI is InChI=1S/C21H27ClN4O.ClH/c1-2-3-12-25-13-14-26-18(19(22)24-20(26)21(25)27)17-6-4-15(5-7-17)16-8-10-23-11-9-16;/h4-7,16,23H,2-3,8-14H2,1H3;1H. The van der Waals surface area contributed by atoms with Gasteiger partial charge in [0, 0.05) is 25.2 Å². The number of hydrogen-bond donors (Lipinski definition) is 1. The van der Waals surface area contributed by atoms with Gasteiger partial charge in [0.1, 0.15) is 0 Å². The minimum absolute atomic E-state index is 0. The fourth-order valence-electron chi connectivity index (χ4n) is 4.17. The predicted molar refractivity (Wildman–Crippen MR) is 116 cm³/mol. The molecule has 3 heterocycles. The second-order valence-electron chi connectivity index (χ2n) is 7.52. The van der Waals surface area contributed by atoms with Gasteiger partial charge in [0.2, 0.25) is 5.82 Å². The van der Waals surface area contributed by atoms with E-state index < -0.39 is 0 Å². The molecule has 1 N–H and O–H groups in total. The van der Waals surface area contributed by atoms with Gasteiger partial charge >= 0.3 is 0 Å². The number of carbonyl (C=O) groups excluding carboxylic acids is 1. The Labute approximate surface area is 177 Å². The van der Waals surface area contributed by atoms with E-state index in [-0.39, 0.29) is 18.3 Å². The number of aromatic nitrogens is 2. The molecule has 152 valence electrons. The van der Waals surface area contributed by atoms with Crippen LogP contribution in [-0.4, -0.2) is 46.5 Å². The number of hydrogen-bond acceptors (Lipinski definition) is 3. The van der Waals surface area contributed by atoms with E-state index in [0.717, 1.165) is 56.8 Å². The van der Waals surface area contributed by atoms with Crippen molar-refractivity contribution >= 4 is 29.9 Å². The number of nitrogens with zero attached hydrogens (tertiary/aromatic N) is 3. The number of benzene rings is 1. The van der Waals surface area contributed by atoms with Crippen LogP contribution < -0.4 is 5.32 Å². The first-order chi connectivity index (χ1) is 13.2. The van der Waals surface area contributed by atoms with E-state index in [9.17, 15) is 4.79 Å². The van der Waals surface area contributed by atoms with Gasteiger partial charge in [0.25, 0.3) is 5.91 Å². The zero-order valence-corrected chi connectivity index (χ0v) is 17.9. The summed E-state index contributed by atoms with van der Waals surface area (Å²) in [5.41, 5.74) is 3.29. The van der Waals surface area contributed by atoms with Crippen LogP contribution in [0.2, 0.25) is 5.15 Å². The van der Waals surface area contributed by atoms with Crippen LogP contribution in [0, 0.1) is 0 Å². The summed E-state index contributed by atoms with van der Waals surface area (Å²) < 4.78 is 1.99. The topological polar surface area (TPSA) is 50.2 Å². The van der Waals surface area contributed by atoms with Crippen molar-refractivity contribution in [2.45, 2.75) is 45.1 Å². The molecule has 7 heteroatoms. The summed E-state index contributed by atoms with van der Waals surface area (Å²) in [7, 11) is 0. The number of halogens is 2. The number of carbonyl (C=O) groups is 1. The summed E-state index contributed by atoms with van der Waals surface area (Å²) in [5.74, 6) is 1.10. The van der Waals surface area contributed by atoms with Crippen molar-refractivity contribution in [3.63, 3.8) is 0 Å². The van der Waals surface area contributed by atoms with Crippen LogP contribution in [0.25, 0.3) is 11.3 Å². The number of piperidine rings is 1. The van der Waals surface area contributed by atoms with Crippen LogP contribution in [0.4, 0.5) is 0 Å². The van der Waals surface area contributed by atoms with Crippen LogP contribution >= 0.6 is 24.0 Å².